The molecule has 3 heteroatoms. The second-order valence-corrected chi connectivity index (χ2v) is 6.67. The van der Waals surface area contributed by atoms with Crippen molar-refractivity contribution in [1.82, 2.24) is 0 Å². The summed E-state index contributed by atoms with van der Waals surface area (Å²) in [6.07, 6.45) is 3.52. The predicted molar refractivity (Wildman–Crippen MR) is 84.0 cm³/mol. The van der Waals surface area contributed by atoms with E-state index in [4.69, 9.17) is 17.3 Å². The molecule has 0 heterocycles. The van der Waals surface area contributed by atoms with E-state index in [0.717, 1.165) is 18.0 Å². The Labute approximate surface area is 121 Å². The molecule has 2 rings (SSSR count). The Balaban J connectivity index is 2.30. The van der Waals surface area contributed by atoms with Crippen LogP contribution in [0, 0.1) is 5.92 Å². The second-order valence-electron chi connectivity index (χ2n) is 6.23. The molecule has 0 aliphatic heterocycles. The van der Waals surface area contributed by atoms with Crippen LogP contribution in [0.25, 0.3) is 0 Å². The zero-order valence-corrected chi connectivity index (χ0v) is 13.0. The van der Waals surface area contributed by atoms with Gasteiger partial charge in [-0.25, -0.2) is 0 Å². The van der Waals surface area contributed by atoms with Gasteiger partial charge in [0.15, 0.2) is 0 Å². The van der Waals surface area contributed by atoms with E-state index in [9.17, 15) is 0 Å². The summed E-state index contributed by atoms with van der Waals surface area (Å²) in [5.41, 5.74) is 8.59. The first-order valence-corrected chi connectivity index (χ1v) is 7.65. The number of rotatable bonds is 6. The van der Waals surface area contributed by atoms with Crippen molar-refractivity contribution in [3.63, 3.8) is 0 Å². The van der Waals surface area contributed by atoms with Gasteiger partial charge in [0.2, 0.25) is 0 Å². The van der Waals surface area contributed by atoms with Crippen LogP contribution in [-0.2, 0) is 6.42 Å². The normalized spacial score (nSPS) is 16.7. The lowest BCUT2D eigenvalue weighted by molar-refractivity contribution is 0.604. The molecule has 1 fully saturated rings. The van der Waals surface area contributed by atoms with E-state index >= 15 is 0 Å². The molecule has 0 radical (unpaired) electrons. The van der Waals surface area contributed by atoms with Crippen LogP contribution >= 0.6 is 11.6 Å². The molecule has 0 bridgehead atoms. The SMILES string of the molecule is CC(C)CN(c1cc(Cl)ccc1CC(C)N)C1CC1. The van der Waals surface area contributed by atoms with Crippen LogP contribution in [0.5, 0.6) is 0 Å². The van der Waals surface area contributed by atoms with E-state index in [1.165, 1.54) is 24.1 Å². The fraction of sp³-hybridized carbons (Fsp3) is 0.625. The van der Waals surface area contributed by atoms with Gasteiger partial charge in [0.1, 0.15) is 0 Å². The Bertz CT molecular complexity index is 425. The molecule has 1 unspecified atom stereocenters. The summed E-state index contributed by atoms with van der Waals surface area (Å²) >= 11 is 6.20. The summed E-state index contributed by atoms with van der Waals surface area (Å²) in [5, 5.41) is 0.817. The highest BCUT2D eigenvalue weighted by atomic mass is 35.5. The maximum Gasteiger partial charge on any atom is 0.0426 e. The van der Waals surface area contributed by atoms with Gasteiger partial charge in [-0.1, -0.05) is 31.5 Å². The van der Waals surface area contributed by atoms with Gasteiger partial charge in [0.25, 0.3) is 0 Å². The van der Waals surface area contributed by atoms with Crippen LogP contribution < -0.4 is 10.6 Å². The number of halogens is 1. The second kappa shape index (κ2) is 6.15. The standard InChI is InChI=1S/C16H25ClN2/c1-11(2)10-19(15-6-7-15)16-9-14(17)5-4-13(16)8-12(3)18/h4-5,9,11-12,15H,6-8,10,18H2,1-3H3. The first-order valence-electron chi connectivity index (χ1n) is 7.28. The zero-order chi connectivity index (χ0) is 14.0. The minimum atomic E-state index is 0.181. The van der Waals surface area contributed by atoms with Crippen molar-refractivity contribution in [2.24, 2.45) is 11.7 Å². The molecule has 106 valence electrons. The summed E-state index contributed by atoms with van der Waals surface area (Å²) in [4.78, 5) is 2.54. The van der Waals surface area contributed by atoms with Crippen molar-refractivity contribution in [2.75, 3.05) is 11.4 Å². The van der Waals surface area contributed by atoms with Gasteiger partial charge in [0, 0.05) is 29.3 Å². The number of nitrogens with two attached hydrogens (primary N) is 1. The smallest absolute Gasteiger partial charge is 0.0426 e. The highest BCUT2D eigenvalue weighted by Crippen LogP contribution is 2.36. The molecule has 2 N–H and O–H groups in total. The maximum atomic E-state index is 6.20. The van der Waals surface area contributed by atoms with E-state index in [0.29, 0.717) is 12.0 Å². The highest BCUT2D eigenvalue weighted by Gasteiger charge is 2.30. The fourth-order valence-corrected chi connectivity index (χ4v) is 2.71. The van der Waals surface area contributed by atoms with Gasteiger partial charge in [-0.3, -0.25) is 0 Å². The number of nitrogens with zero attached hydrogens (tertiary/aromatic N) is 1. The lowest BCUT2D eigenvalue weighted by Crippen LogP contribution is -2.31. The van der Waals surface area contributed by atoms with Gasteiger partial charge in [0.05, 0.1) is 0 Å². The van der Waals surface area contributed by atoms with Crippen LogP contribution in [0.3, 0.4) is 0 Å². The van der Waals surface area contributed by atoms with Gasteiger partial charge in [-0.05, 0) is 49.8 Å². The maximum absolute atomic E-state index is 6.20. The summed E-state index contributed by atoms with van der Waals surface area (Å²) in [5.74, 6) is 0.655. The summed E-state index contributed by atoms with van der Waals surface area (Å²) in [7, 11) is 0. The topological polar surface area (TPSA) is 29.3 Å². The molecule has 1 aromatic carbocycles. The number of benzene rings is 1. The fourth-order valence-electron chi connectivity index (χ4n) is 2.55. The molecule has 1 aromatic rings. The van der Waals surface area contributed by atoms with Crippen LogP contribution in [0.4, 0.5) is 5.69 Å². The van der Waals surface area contributed by atoms with Crippen molar-refractivity contribution >= 4 is 17.3 Å². The Kier molecular flexibility index (Phi) is 4.75. The highest BCUT2D eigenvalue weighted by molar-refractivity contribution is 6.30. The first-order chi connectivity index (χ1) is 8.97. The molecule has 0 amide bonds. The van der Waals surface area contributed by atoms with Crippen molar-refractivity contribution in [3.05, 3.63) is 28.8 Å². The number of hydrogen-bond acceptors (Lipinski definition) is 2. The molecule has 1 aliphatic rings. The Morgan fingerprint density at radius 1 is 1.32 bits per heavy atom. The Morgan fingerprint density at radius 3 is 2.53 bits per heavy atom. The van der Waals surface area contributed by atoms with Crippen LogP contribution in [0.2, 0.25) is 5.02 Å². The van der Waals surface area contributed by atoms with E-state index in [1.54, 1.807) is 0 Å². The Hall–Kier alpha value is -0.730. The van der Waals surface area contributed by atoms with Crippen molar-refractivity contribution in [3.8, 4) is 0 Å². The quantitative estimate of drug-likeness (QED) is 0.857. The number of anilines is 1. The Morgan fingerprint density at radius 2 is 2.00 bits per heavy atom. The molecule has 0 spiro atoms. The van der Waals surface area contributed by atoms with E-state index < -0.39 is 0 Å². The summed E-state index contributed by atoms with van der Waals surface area (Å²) < 4.78 is 0. The van der Waals surface area contributed by atoms with Gasteiger partial charge in [-0.2, -0.15) is 0 Å². The third-order valence-electron chi connectivity index (χ3n) is 3.45. The molecular weight excluding hydrogens is 256 g/mol. The van der Waals surface area contributed by atoms with Crippen molar-refractivity contribution < 1.29 is 0 Å². The van der Waals surface area contributed by atoms with Crippen molar-refractivity contribution in [2.45, 2.75) is 52.1 Å². The average molecular weight is 281 g/mol. The molecule has 1 saturated carbocycles. The van der Waals surface area contributed by atoms with Gasteiger partial charge in [-0.15, -0.1) is 0 Å². The molecular formula is C16H25ClN2. The average Bonchev–Trinajstić information content (AvgIpc) is 3.11. The van der Waals surface area contributed by atoms with Crippen LogP contribution in [0.15, 0.2) is 18.2 Å². The van der Waals surface area contributed by atoms with Gasteiger partial charge >= 0.3 is 0 Å². The van der Waals surface area contributed by atoms with Crippen LogP contribution in [0.1, 0.15) is 39.2 Å². The molecule has 0 aromatic heterocycles. The molecule has 19 heavy (non-hydrogen) atoms. The molecule has 2 nitrogen and oxygen atoms in total. The summed E-state index contributed by atoms with van der Waals surface area (Å²) in [6, 6.07) is 7.10. The van der Waals surface area contributed by atoms with Crippen LogP contribution in [-0.4, -0.2) is 18.6 Å². The monoisotopic (exact) mass is 280 g/mol. The lowest BCUT2D eigenvalue weighted by Gasteiger charge is -2.29. The predicted octanol–water partition coefficient (Wildman–Crippen LogP) is 3.85. The molecule has 0 saturated heterocycles. The molecule has 1 atom stereocenters. The molecule has 1 aliphatic carbocycles. The first kappa shape index (κ1) is 14.7. The van der Waals surface area contributed by atoms with Gasteiger partial charge < -0.3 is 10.6 Å². The third kappa shape index (κ3) is 4.12. The zero-order valence-electron chi connectivity index (χ0n) is 12.2. The third-order valence-corrected chi connectivity index (χ3v) is 3.68. The largest absolute Gasteiger partial charge is 0.368 e. The number of hydrogen-bond donors (Lipinski definition) is 1. The summed E-state index contributed by atoms with van der Waals surface area (Å²) in [6.45, 7) is 7.69. The van der Waals surface area contributed by atoms with Crippen molar-refractivity contribution in [1.29, 1.82) is 0 Å². The lowest BCUT2D eigenvalue weighted by atomic mass is 10.0. The van der Waals surface area contributed by atoms with E-state index in [-0.39, 0.29) is 6.04 Å². The van der Waals surface area contributed by atoms with E-state index in [1.807, 2.05) is 6.07 Å². The minimum Gasteiger partial charge on any atom is -0.368 e. The minimum absolute atomic E-state index is 0.181. The van der Waals surface area contributed by atoms with E-state index in [2.05, 4.69) is 37.8 Å².